The Morgan fingerprint density at radius 1 is 1.05 bits per heavy atom. The van der Waals surface area contributed by atoms with Crippen LogP contribution in [0.3, 0.4) is 0 Å². The molecule has 2 aromatic rings. The zero-order valence-corrected chi connectivity index (χ0v) is 20.9. The maximum absolute atomic E-state index is 15.1. The highest BCUT2D eigenvalue weighted by Crippen LogP contribution is 2.33. The predicted molar refractivity (Wildman–Crippen MR) is 132 cm³/mol. The maximum Gasteiger partial charge on any atom is 0.330 e. The molecule has 3 aliphatic heterocycles. The first kappa shape index (κ1) is 26.1. The van der Waals surface area contributed by atoms with E-state index in [0.717, 1.165) is 18.7 Å². The number of Topliss-reactive ketones (excluding diaryl/α,β-unsaturated/α-hetero) is 1. The molecule has 3 aliphatic rings. The molecule has 0 spiro atoms. The van der Waals surface area contributed by atoms with Gasteiger partial charge in [0.2, 0.25) is 17.6 Å². The SMILES string of the molecule is O=C1CCC(N2Cc3cc(CCC(=O)C(F)(F)c4cccc(CN5CCOCC5)c4)ccc3C2=O)C(=O)N1. The Morgan fingerprint density at radius 2 is 1.84 bits per heavy atom. The Bertz CT molecular complexity index is 1270. The largest absolute Gasteiger partial charge is 0.379 e. The van der Waals surface area contributed by atoms with Crippen molar-refractivity contribution in [2.75, 3.05) is 26.3 Å². The highest BCUT2D eigenvalue weighted by Gasteiger charge is 2.41. The van der Waals surface area contributed by atoms with E-state index in [1.807, 2.05) is 0 Å². The number of carbonyl (C=O) groups excluding carboxylic acids is 4. The van der Waals surface area contributed by atoms with Crippen LogP contribution >= 0.6 is 0 Å². The number of aryl methyl sites for hydroxylation is 1. The molecular weight excluding hydrogens is 496 g/mol. The summed E-state index contributed by atoms with van der Waals surface area (Å²) in [7, 11) is 0. The second-order valence-corrected chi connectivity index (χ2v) is 9.98. The first-order valence-corrected chi connectivity index (χ1v) is 12.8. The first-order valence-electron chi connectivity index (χ1n) is 12.8. The summed E-state index contributed by atoms with van der Waals surface area (Å²) < 4.78 is 35.5. The average molecular weight is 526 g/mol. The predicted octanol–water partition coefficient (Wildman–Crippen LogP) is 2.57. The number of piperidine rings is 1. The van der Waals surface area contributed by atoms with Gasteiger partial charge in [0.05, 0.1) is 13.2 Å². The maximum atomic E-state index is 15.1. The number of nitrogens with zero attached hydrogens (tertiary/aromatic N) is 2. The Labute approximate surface area is 218 Å². The van der Waals surface area contributed by atoms with Gasteiger partial charge >= 0.3 is 5.92 Å². The molecule has 3 amide bonds. The van der Waals surface area contributed by atoms with Crippen molar-refractivity contribution in [3.05, 3.63) is 70.3 Å². The molecule has 2 saturated heterocycles. The van der Waals surface area contributed by atoms with E-state index >= 15 is 8.78 Å². The van der Waals surface area contributed by atoms with Gasteiger partial charge in [-0.3, -0.25) is 29.4 Å². The molecule has 1 atom stereocenters. The number of fused-ring (bicyclic) bond motifs is 1. The van der Waals surface area contributed by atoms with Crippen LogP contribution in [0.5, 0.6) is 0 Å². The van der Waals surface area contributed by atoms with Crippen LogP contribution in [0.2, 0.25) is 0 Å². The third kappa shape index (κ3) is 5.37. The van der Waals surface area contributed by atoms with Crippen LogP contribution in [0, 0.1) is 0 Å². The van der Waals surface area contributed by atoms with E-state index in [0.29, 0.717) is 36.4 Å². The number of amides is 3. The van der Waals surface area contributed by atoms with Gasteiger partial charge in [-0.2, -0.15) is 8.78 Å². The zero-order chi connectivity index (χ0) is 26.9. The molecule has 2 aromatic carbocycles. The number of imide groups is 1. The van der Waals surface area contributed by atoms with Crippen molar-refractivity contribution in [1.82, 2.24) is 15.1 Å². The summed E-state index contributed by atoms with van der Waals surface area (Å²) in [5.41, 5.74) is 2.18. The van der Waals surface area contributed by atoms with E-state index in [2.05, 4.69) is 10.2 Å². The van der Waals surface area contributed by atoms with E-state index < -0.39 is 23.7 Å². The number of morpholine rings is 1. The molecule has 0 radical (unpaired) electrons. The first-order chi connectivity index (χ1) is 18.2. The summed E-state index contributed by atoms with van der Waals surface area (Å²) in [5.74, 6) is -5.94. The monoisotopic (exact) mass is 525 g/mol. The van der Waals surface area contributed by atoms with Crippen LogP contribution in [0.15, 0.2) is 42.5 Å². The number of nitrogens with one attached hydrogen (secondary N) is 1. The lowest BCUT2D eigenvalue weighted by molar-refractivity contribution is -0.144. The molecule has 0 saturated carbocycles. The molecule has 0 aliphatic carbocycles. The van der Waals surface area contributed by atoms with Crippen molar-refractivity contribution in [2.24, 2.45) is 0 Å². The lowest BCUT2D eigenvalue weighted by Gasteiger charge is -2.29. The molecule has 5 rings (SSSR count). The van der Waals surface area contributed by atoms with Gasteiger partial charge in [-0.25, -0.2) is 0 Å². The van der Waals surface area contributed by atoms with Crippen molar-refractivity contribution in [1.29, 1.82) is 0 Å². The van der Waals surface area contributed by atoms with Crippen molar-refractivity contribution in [2.45, 2.75) is 50.7 Å². The van der Waals surface area contributed by atoms with Crippen molar-refractivity contribution >= 4 is 23.5 Å². The second kappa shape index (κ2) is 10.7. The number of hydrogen-bond donors (Lipinski definition) is 1. The molecule has 1 unspecified atom stereocenters. The third-order valence-corrected chi connectivity index (χ3v) is 7.38. The number of alkyl halides is 2. The Morgan fingerprint density at radius 3 is 2.61 bits per heavy atom. The van der Waals surface area contributed by atoms with Crippen LogP contribution < -0.4 is 5.32 Å². The smallest absolute Gasteiger partial charge is 0.330 e. The second-order valence-electron chi connectivity index (χ2n) is 9.98. The zero-order valence-electron chi connectivity index (χ0n) is 20.9. The minimum absolute atomic E-state index is 0.0990. The molecule has 0 bridgehead atoms. The number of ether oxygens (including phenoxy) is 1. The summed E-state index contributed by atoms with van der Waals surface area (Å²) in [6, 6.07) is 10.3. The number of benzene rings is 2. The number of hydrogen-bond acceptors (Lipinski definition) is 6. The van der Waals surface area contributed by atoms with E-state index in [9.17, 15) is 19.2 Å². The van der Waals surface area contributed by atoms with E-state index in [-0.39, 0.29) is 49.6 Å². The van der Waals surface area contributed by atoms with Crippen LogP contribution in [-0.2, 0) is 44.6 Å². The number of halogens is 2. The standard InChI is InChI=1S/C28H29F2N3O5/c29-28(30,21-3-1-2-19(15-21)16-32-10-12-38-13-11-32)24(34)8-5-18-4-6-22-20(14-18)17-33(27(22)37)23-7-9-25(35)31-26(23)36/h1-4,6,14-15,23H,5,7-13,16-17H2,(H,31,35,36). The van der Waals surface area contributed by atoms with Gasteiger partial charge in [0.1, 0.15) is 6.04 Å². The molecule has 8 nitrogen and oxygen atoms in total. The van der Waals surface area contributed by atoms with Gasteiger partial charge in [-0.1, -0.05) is 30.3 Å². The van der Waals surface area contributed by atoms with Crippen molar-refractivity contribution in [3.8, 4) is 0 Å². The molecule has 1 N–H and O–H groups in total. The average Bonchev–Trinajstić information content (AvgIpc) is 3.23. The van der Waals surface area contributed by atoms with Crippen LogP contribution in [0.1, 0.15) is 51.9 Å². The lowest BCUT2D eigenvalue weighted by Crippen LogP contribution is -2.52. The Kier molecular flexibility index (Phi) is 7.36. The summed E-state index contributed by atoms with van der Waals surface area (Å²) >= 11 is 0. The summed E-state index contributed by atoms with van der Waals surface area (Å²) in [6.45, 7) is 3.40. The molecule has 0 aromatic heterocycles. The normalized spacial score (nSPS) is 20.4. The molecule has 10 heteroatoms. The van der Waals surface area contributed by atoms with Crippen LogP contribution in [-0.4, -0.2) is 65.6 Å². The van der Waals surface area contributed by atoms with E-state index in [1.54, 1.807) is 30.3 Å². The molecular formula is C28H29F2N3O5. The highest BCUT2D eigenvalue weighted by molar-refractivity contribution is 6.05. The fourth-order valence-corrected chi connectivity index (χ4v) is 5.24. The lowest BCUT2D eigenvalue weighted by atomic mass is 9.96. The summed E-state index contributed by atoms with van der Waals surface area (Å²) in [6.07, 6.45) is 0.161. The van der Waals surface area contributed by atoms with Crippen LogP contribution in [0.4, 0.5) is 8.78 Å². The topological polar surface area (TPSA) is 96.0 Å². The minimum atomic E-state index is -3.61. The van der Waals surface area contributed by atoms with Crippen molar-refractivity contribution < 1.29 is 32.7 Å². The fourth-order valence-electron chi connectivity index (χ4n) is 5.24. The van der Waals surface area contributed by atoms with Gasteiger partial charge in [-0.05, 0) is 41.7 Å². The Balaban J connectivity index is 1.22. The van der Waals surface area contributed by atoms with Crippen molar-refractivity contribution in [3.63, 3.8) is 0 Å². The van der Waals surface area contributed by atoms with Gasteiger partial charge in [0.15, 0.2) is 0 Å². The summed E-state index contributed by atoms with van der Waals surface area (Å²) in [4.78, 5) is 52.7. The quantitative estimate of drug-likeness (QED) is 0.533. The van der Waals surface area contributed by atoms with Gasteiger partial charge in [0.25, 0.3) is 5.91 Å². The van der Waals surface area contributed by atoms with Gasteiger partial charge < -0.3 is 9.64 Å². The Hall–Kier alpha value is -3.50. The molecule has 200 valence electrons. The van der Waals surface area contributed by atoms with Gasteiger partial charge in [-0.15, -0.1) is 0 Å². The minimum Gasteiger partial charge on any atom is -0.379 e. The third-order valence-electron chi connectivity index (χ3n) is 7.38. The number of carbonyl (C=O) groups is 4. The molecule has 3 heterocycles. The van der Waals surface area contributed by atoms with E-state index in [1.165, 1.54) is 17.0 Å². The number of ketones is 1. The summed E-state index contributed by atoms with van der Waals surface area (Å²) in [5, 5.41) is 2.26. The van der Waals surface area contributed by atoms with Gasteiger partial charge in [0, 0.05) is 50.1 Å². The van der Waals surface area contributed by atoms with E-state index in [4.69, 9.17) is 4.74 Å². The molecule has 2 fully saturated rings. The highest BCUT2D eigenvalue weighted by atomic mass is 19.3. The van der Waals surface area contributed by atoms with Crippen LogP contribution in [0.25, 0.3) is 0 Å². The fraction of sp³-hybridized carbons (Fsp3) is 0.429. The molecule has 38 heavy (non-hydrogen) atoms. The number of rotatable bonds is 8.